The zero-order chi connectivity index (χ0) is 22.1. The minimum Gasteiger partial charge on any atom is -0.376 e. The van der Waals surface area contributed by atoms with E-state index in [1.165, 1.54) is 4.68 Å². The van der Waals surface area contributed by atoms with Crippen LogP contribution in [-0.2, 0) is 11.3 Å². The second-order valence-electron chi connectivity index (χ2n) is 7.78. The van der Waals surface area contributed by atoms with Crippen LogP contribution >= 0.6 is 11.6 Å². The van der Waals surface area contributed by atoms with Crippen LogP contribution in [0, 0.1) is 0 Å². The van der Waals surface area contributed by atoms with Crippen molar-refractivity contribution in [2.24, 2.45) is 0 Å². The molecule has 0 aromatic heterocycles. The first-order chi connectivity index (χ1) is 15.6. The Morgan fingerprint density at radius 1 is 1.16 bits per heavy atom. The van der Waals surface area contributed by atoms with Crippen LogP contribution in [0.15, 0.2) is 71.8 Å². The molecule has 1 amide bonds. The molecule has 0 radical (unpaired) electrons. The Morgan fingerprint density at radius 2 is 2.00 bits per heavy atom. The third kappa shape index (κ3) is 4.04. The zero-order valence-corrected chi connectivity index (χ0v) is 18.0. The van der Waals surface area contributed by atoms with Crippen LogP contribution < -0.4 is 10.9 Å². The van der Waals surface area contributed by atoms with Crippen LogP contribution in [0.4, 0.5) is 5.69 Å². The molecule has 1 N–H and O–H groups in total. The third-order valence-corrected chi connectivity index (χ3v) is 5.72. The monoisotopic (exact) mass is 448 g/mol. The topological polar surface area (TPSA) is 78.2 Å². The summed E-state index contributed by atoms with van der Waals surface area (Å²) in [7, 11) is 0. The molecule has 32 heavy (non-hydrogen) atoms. The van der Waals surface area contributed by atoms with E-state index in [2.05, 4.69) is 10.4 Å². The second kappa shape index (κ2) is 8.61. The number of benzene rings is 2. The van der Waals surface area contributed by atoms with Crippen LogP contribution in [0.1, 0.15) is 23.2 Å². The van der Waals surface area contributed by atoms with Crippen LogP contribution in [0.2, 0.25) is 5.02 Å². The van der Waals surface area contributed by atoms with Crippen molar-refractivity contribution in [2.75, 3.05) is 11.9 Å². The van der Waals surface area contributed by atoms with Crippen molar-refractivity contribution in [2.45, 2.75) is 25.5 Å². The first kappa shape index (κ1) is 20.5. The van der Waals surface area contributed by atoms with Gasteiger partial charge in [0.15, 0.2) is 0 Å². The number of fused-ring (bicyclic) bond motifs is 1. The van der Waals surface area contributed by atoms with Crippen molar-refractivity contribution >= 4 is 23.2 Å². The number of rotatable bonds is 5. The van der Waals surface area contributed by atoms with Crippen LogP contribution in [0.3, 0.4) is 0 Å². The number of para-hydroxylation sites is 1. The van der Waals surface area contributed by atoms with E-state index < -0.39 is 0 Å². The largest absolute Gasteiger partial charge is 0.376 e. The lowest BCUT2D eigenvalue weighted by molar-refractivity contribution is 0.0961. The molecule has 162 valence electrons. The molecule has 0 bridgehead atoms. The number of anilines is 1. The molecule has 0 aliphatic carbocycles. The maximum absolute atomic E-state index is 13.2. The summed E-state index contributed by atoms with van der Waals surface area (Å²) in [6.45, 7) is 1.29. The Morgan fingerprint density at radius 3 is 2.75 bits per heavy atom. The van der Waals surface area contributed by atoms with E-state index in [1.807, 2.05) is 22.8 Å². The third-order valence-electron chi connectivity index (χ3n) is 5.49. The molecule has 7 nitrogen and oxygen atoms in total. The maximum atomic E-state index is 13.2. The smallest absolute Gasteiger partial charge is 0.282 e. The Kier molecular flexibility index (Phi) is 5.51. The van der Waals surface area contributed by atoms with E-state index in [9.17, 15) is 9.59 Å². The quantitative estimate of drug-likeness (QED) is 0.495. The average Bonchev–Trinajstić information content (AvgIpc) is 3.42. The van der Waals surface area contributed by atoms with E-state index in [0.717, 1.165) is 19.4 Å². The number of hydrogen-bond donors (Lipinski definition) is 1. The van der Waals surface area contributed by atoms with Gasteiger partial charge in [-0.3, -0.25) is 9.59 Å². The predicted octanol–water partition coefficient (Wildman–Crippen LogP) is 4.22. The number of carbonyl (C=O) groups excluding carboxylic acids is 1. The van der Waals surface area contributed by atoms with Gasteiger partial charge in [0.05, 0.1) is 22.9 Å². The van der Waals surface area contributed by atoms with Gasteiger partial charge in [-0.2, -0.15) is 9.78 Å². The number of nitrogens with zero attached hydrogens (tertiary/aromatic N) is 3. The van der Waals surface area contributed by atoms with Crippen molar-refractivity contribution in [1.82, 2.24) is 14.3 Å². The Balaban J connectivity index is 1.60. The highest BCUT2D eigenvalue weighted by Gasteiger charge is 2.26. The lowest BCUT2D eigenvalue weighted by atomic mass is 10.1. The van der Waals surface area contributed by atoms with Gasteiger partial charge in [0, 0.05) is 36.3 Å². The second-order valence-corrected chi connectivity index (χ2v) is 8.22. The molecule has 0 spiro atoms. The molecule has 1 unspecified atom stereocenters. The van der Waals surface area contributed by atoms with E-state index >= 15 is 0 Å². The minimum atomic E-state index is -0.364. The average molecular weight is 449 g/mol. The van der Waals surface area contributed by atoms with Gasteiger partial charge in [-0.05, 0) is 43.2 Å². The van der Waals surface area contributed by atoms with E-state index in [1.54, 1.807) is 48.8 Å². The van der Waals surface area contributed by atoms with Gasteiger partial charge in [-0.25, -0.2) is 0 Å². The maximum Gasteiger partial charge on any atom is 0.282 e. The fourth-order valence-corrected chi connectivity index (χ4v) is 4.15. The normalized spacial score (nSPS) is 15.8. The molecule has 2 aromatic carbocycles. The first-order valence-electron chi connectivity index (χ1n) is 10.5. The molecule has 3 aliphatic rings. The molecule has 8 heteroatoms. The van der Waals surface area contributed by atoms with Gasteiger partial charge in [0.2, 0.25) is 0 Å². The predicted molar refractivity (Wildman–Crippen MR) is 123 cm³/mol. The summed E-state index contributed by atoms with van der Waals surface area (Å²) in [6, 6.07) is 16.1. The van der Waals surface area contributed by atoms with E-state index in [0.29, 0.717) is 39.8 Å². The summed E-state index contributed by atoms with van der Waals surface area (Å²) < 4.78 is 8.93. The molecule has 3 heterocycles. The summed E-state index contributed by atoms with van der Waals surface area (Å²) in [5, 5.41) is 7.89. The highest BCUT2D eigenvalue weighted by Crippen LogP contribution is 2.25. The van der Waals surface area contributed by atoms with E-state index in [4.69, 9.17) is 16.3 Å². The SMILES string of the molecule is O=C(Nc1cccc(Cl)c1)c1cn(CC2CCCO2)cc2c(=O)n(-c3ccccc3)nc1-2. The van der Waals surface area contributed by atoms with Gasteiger partial charge in [0.1, 0.15) is 5.69 Å². The number of ether oxygens (including phenoxy) is 1. The van der Waals surface area contributed by atoms with Crippen LogP contribution in [0.25, 0.3) is 16.9 Å². The molecule has 5 rings (SSSR count). The van der Waals surface area contributed by atoms with Gasteiger partial charge in [0.25, 0.3) is 11.5 Å². The summed E-state index contributed by atoms with van der Waals surface area (Å²) in [5.41, 5.74) is 1.97. The highest BCUT2D eigenvalue weighted by molar-refractivity contribution is 6.31. The molecule has 1 fully saturated rings. The van der Waals surface area contributed by atoms with Crippen molar-refractivity contribution in [3.8, 4) is 16.9 Å². The minimum absolute atomic E-state index is 0.0561. The molecule has 2 aromatic rings. The van der Waals surface area contributed by atoms with Gasteiger partial charge >= 0.3 is 0 Å². The van der Waals surface area contributed by atoms with Gasteiger partial charge < -0.3 is 14.6 Å². The number of halogens is 1. The standard InChI is InChI=1S/C24H21ClN4O3/c25-16-6-4-7-17(12-16)26-23(30)20-14-28(13-19-10-5-11-32-19)15-21-22(20)27-29(24(21)31)18-8-2-1-3-9-18/h1-4,6-9,12,14-15,19H,5,10-11,13H2,(H,26,30). The summed E-state index contributed by atoms with van der Waals surface area (Å²) in [4.78, 5) is 26.4. The molecular formula is C24H21ClN4O3. The first-order valence-corrected chi connectivity index (χ1v) is 10.8. The van der Waals surface area contributed by atoms with Gasteiger partial charge in [-0.1, -0.05) is 35.9 Å². The lowest BCUT2D eigenvalue weighted by Gasteiger charge is -2.16. The van der Waals surface area contributed by atoms with Gasteiger partial charge in [-0.15, -0.1) is 0 Å². The Labute approximate surface area is 189 Å². The Bertz CT molecular complexity index is 1290. The number of nitrogens with one attached hydrogen (secondary N) is 1. The summed E-state index contributed by atoms with van der Waals surface area (Å²) >= 11 is 6.06. The van der Waals surface area contributed by atoms with Crippen molar-refractivity contribution in [3.63, 3.8) is 0 Å². The fraction of sp³-hybridized carbons (Fsp3) is 0.208. The van der Waals surface area contributed by atoms with Crippen LogP contribution in [-0.4, -0.2) is 33.0 Å². The van der Waals surface area contributed by atoms with E-state index in [-0.39, 0.29) is 17.6 Å². The molecule has 1 saturated heterocycles. The summed E-state index contributed by atoms with van der Waals surface area (Å²) in [6.07, 6.45) is 5.49. The molecule has 1 atom stereocenters. The Hall–Kier alpha value is -3.42. The van der Waals surface area contributed by atoms with Crippen molar-refractivity contribution in [3.05, 3.63) is 87.9 Å². The zero-order valence-electron chi connectivity index (χ0n) is 17.2. The number of aromatic nitrogens is 3. The molecular weight excluding hydrogens is 428 g/mol. The van der Waals surface area contributed by atoms with Crippen molar-refractivity contribution < 1.29 is 9.53 Å². The molecule has 0 saturated carbocycles. The lowest BCUT2D eigenvalue weighted by Crippen LogP contribution is -2.20. The van der Waals surface area contributed by atoms with Crippen LogP contribution in [0.5, 0.6) is 0 Å². The molecule has 3 aliphatic heterocycles. The highest BCUT2D eigenvalue weighted by atomic mass is 35.5. The van der Waals surface area contributed by atoms with Crippen molar-refractivity contribution in [1.29, 1.82) is 0 Å². The number of pyridine rings is 1. The summed E-state index contributed by atoms with van der Waals surface area (Å²) in [5.74, 6) is -0.364. The number of amides is 1. The number of hydrogen-bond acceptors (Lipinski definition) is 4. The fourth-order valence-electron chi connectivity index (χ4n) is 3.96. The number of carbonyl (C=O) groups is 1.